The zero-order chi connectivity index (χ0) is 12.4. The van der Waals surface area contributed by atoms with Crippen LogP contribution in [-0.4, -0.2) is 17.6 Å². The van der Waals surface area contributed by atoms with Gasteiger partial charge >= 0.3 is 0 Å². The summed E-state index contributed by atoms with van der Waals surface area (Å²) in [6, 6.07) is 8.63. The van der Waals surface area contributed by atoms with Crippen LogP contribution < -0.4 is 10.1 Å². The van der Waals surface area contributed by atoms with Crippen molar-refractivity contribution in [2.45, 2.75) is 25.9 Å². The Kier molecular flexibility index (Phi) is 3.30. The summed E-state index contributed by atoms with van der Waals surface area (Å²) in [4.78, 5) is 4.45. The number of benzene rings is 1. The monoisotopic (exact) mass is 260 g/mol. The van der Waals surface area contributed by atoms with E-state index in [1.54, 1.807) is 11.3 Å². The summed E-state index contributed by atoms with van der Waals surface area (Å²) in [5, 5.41) is 6.74. The average Bonchev–Trinajstić information content (AvgIpc) is 2.82. The normalized spacial score (nSPS) is 18.2. The van der Waals surface area contributed by atoms with Crippen LogP contribution in [0.25, 0.3) is 0 Å². The Morgan fingerprint density at radius 1 is 1.44 bits per heavy atom. The fourth-order valence-electron chi connectivity index (χ4n) is 2.20. The van der Waals surface area contributed by atoms with Gasteiger partial charge in [-0.3, -0.25) is 0 Å². The number of thiazole rings is 1. The number of aromatic nitrogens is 1. The number of hydrogen-bond acceptors (Lipinski definition) is 4. The molecule has 0 bridgehead atoms. The van der Waals surface area contributed by atoms with Crippen LogP contribution in [0.2, 0.25) is 0 Å². The minimum atomic E-state index is 0.377. The third-order valence-corrected chi connectivity index (χ3v) is 3.94. The standard InChI is InChI=1S/C14H16N2OS/c1-10-16-13(9-18-10)7-15-12-6-11-4-2-3-5-14(11)17-8-12/h2-5,9,12,15H,6-8H2,1H3. The lowest BCUT2D eigenvalue weighted by Crippen LogP contribution is -2.38. The van der Waals surface area contributed by atoms with E-state index in [4.69, 9.17) is 4.74 Å². The Morgan fingerprint density at radius 2 is 2.33 bits per heavy atom. The van der Waals surface area contributed by atoms with E-state index in [-0.39, 0.29) is 0 Å². The molecule has 1 aliphatic heterocycles. The van der Waals surface area contributed by atoms with E-state index in [1.807, 2.05) is 19.1 Å². The summed E-state index contributed by atoms with van der Waals surface area (Å²) in [6.45, 7) is 3.59. The summed E-state index contributed by atoms with van der Waals surface area (Å²) in [5.74, 6) is 1.03. The van der Waals surface area contributed by atoms with E-state index in [2.05, 4.69) is 27.8 Å². The molecule has 1 aliphatic rings. The summed E-state index contributed by atoms with van der Waals surface area (Å²) in [6.07, 6.45) is 1.03. The Labute approximate surface area is 111 Å². The summed E-state index contributed by atoms with van der Waals surface area (Å²) >= 11 is 1.70. The molecule has 4 heteroatoms. The molecule has 0 saturated heterocycles. The highest BCUT2D eigenvalue weighted by atomic mass is 32.1. The minimum absolute atomic E-state index is 0.377. The summed E-state index contributed by atoms with van der Waals surface area (Å²) < 4.78 is 5.75. The lowest BCUT2D eigenvalue weighted by atomic mass is 10.0. The third kappa shape index (κ3) is 2.54. The molecule has 0 aliphatic carbocycles. The first-order valence-corrected chi connectivity index (χ1v) is 7.04. The van der Waals surface area contributed by atoms with Gasteiger partial charge in [-0.1, -0.05) is 18.2 Å². The molecule has 2 aromatic rings. The van der Waals surface area contributed by atoms with Gasteiger partial charge in [-0.15, -0.1) is 11.3 Å². The molecule has 3 rings (SSSR count). The highest BCUT2D eigenvalue weighted by Crippen LogP contribution is 2.24. The van der Waals surface area contributed by atoms with Gasteiger partial charge in [0.1, 0.15) is 12.4 Å². The highest BCUT2D eigenvalue weighted by molar-refractivity contribution is 7.09. The molecule has 1 atom stereocenters. The topological polar surface area (TPSA) is 34.2 Å². The minimum Gasteiger partial charge on any atom is -0.492 e. The van der Waals surface area contributed by atoms with Crippen LogP contribution in [-0.2, 0) is 13.0 Å². The second-order valence-electron chi connectivity index (χ2n) is 4.56. The number of rotatable bonds is 3. The van der Waals surface area contributed by atoms with Crippen molar-refractivity contribution in [3.05, 3.63) is 45.9 Å². The van der Waals surface area contributed by atoms with Gasteiger partial charge in [-0.2, -0.15) is 0 Å². The van der Waals surface area contributed by atoms with Crippen LogP contribution in [0, 0.1) is 6.92 Å². The largest absolute Gasteiger partial charge is 0.492 e. The van der Waals surface area contributed by atoms with Crippen LogP contribution in [0.5, 0.6) is 5.75 Å². The van der Waals surface area contributed by atoms with Crippen LogP contribution >= 0.6 is 11.3 Å². The molecule has 94 valence electrons. The molecule has 0 fully saturated rings. The molecule has 2 heterocycles. The fraction of sp³-hybridized carbons (Fsp3) is 0.357. The molecule has 0 radical (unpaired) electrons. The summed E-state index contributed by atoms with van der Waals surface area (Å²) in [7, 11) is 0. The molecule has 0 saturated carbocycles. The van der Waals surface area contributed by atoms with Gasteiger partial charge in [-0.05, 0) is 25.0 Å². The Balaban J connectivity index is 1.59. The van der Waals surface area contributed by atoms with Gasteiger partial charge in [0.05, 0.1) is 10.7 Å². The van der Waals surface area contributed by atoms with Crippen molar-refractivity contribution in [3.63, 3.8) is 0 Å². The molecular formula is C14H16N2OS. The van der Waals surface area contributed by atoms with E-state index in [1.165, 1.54) is 5.56 Å². The van der Waals surface area contributed by atoms with E-state index >= 15 is 0 Å². The number of ether oxygens (including phenoxy) is 1. The van der Waals surface area contributed by atoms with Crippen molar-refractivity contribution in [2.75, 3.05) is 6.61 Å². The zero-order valence-corrected chi connectivity index (χ0v) is 11.2. The van der Waals surface area contributed by atoms with Crippen molar-refractivity contribution in [2.24, 2.45) is 0 Å². The van der Waals surface area contributed by atoms with Gasteiger partial charge in [0.15, 0.2) is 0 Å². The Bertz CT molecular complexity index is 538. The summed E-state index contributed by atoms with van der Waals surface area (Å²) in [5.41, 5.74) is 2.41. The van der Waals surface area contributed by atoms with E-state index < -0.39 is 0 Å². The maximum Gasteiger partial charge on any atom is 0.122 e. The number of aryl methyl sites for hydroxylation is 1. The van der Waals surface area contributed by atoms with Crippen molar-refractivity contribution >= 4 is 11.3 Å². The fourth-order valence-corrected chi connectivity index (χ4v) is 2.81. The molecular weight excluding hydrogens is 244 g/mol. The number of fused-ring (bicyclic) bond motifs is 1. The number of para-hydroxylation sites is 1. The van der Waals surface area contributed by atoms with E-state index in [9.17, 15) is 0 Å². The lowest BCUT2D eigenvalue weighted by Gasteiger charge is -2.25. The second-order valence-corrected chi connectivity index (χ2v) is 5.62. The predicted octanol–water partition coefficient (Wildman–Crippen LogP) is 2.54. The number of hydrogen-bond donors (Lipinski definition) is 1. The molecule has 1 unspecified atom stereocenters. The van der Waals surface area contributed by atoms with Gasteiger partial charge in [0, 0.05) is 18.0 Å². The molecule has 3 nitrogen and oxygen atoms in total. The second kappa shape index (κ2) is 5.08. The molecule has 18 heavy (non-hydrogen) atoms. The number of nitrogens with one attached hydrogen (secondary N) is 1. The van der Waals surface area contributed by atoms with Crippen molar-refractivity contribution in [1.29, 1.82) is 0 Å². The van der Waals surface area contributed by atoms with E-state index in [0.717, 1.165) is 36.0 Å². The maximum absolute atomic E-state index is 5.75. The van der Waals surface area contributed by atoms with Crippen molar-refractivity contribution in [1.82, 2.24) is 10.3 Å². The maximum atomic E-state index is 5.75. The van der Waals surface area contributed by atoms with Crippen molar-refractivity contribution < 1.29 is 4.74 Å². The molecule has 1 aromatic carbocycles. The van der Waals surface area contributed by atoms with Crippen molar-refractivity contribution in [3.8, 4) is 5.75 Å². The predicted molar refractivity (Wildman–Crippen MR) is 73.1 cm³/mol. The van der Waals surface area contributed by atoms with Crippen LogP contribution in [0.3, 0.4) is 0 Å². The van der Waals surface area contributed by atoms with Gasteiger partial charge in [-0.25, -0.2) is 4.98 Å². The highest BCUT2D eigenvalue weighted by Gasteiger charge is 2.18. The van der Waals surface area contributed by atoms with E-state index in [0.29, 0.717) is 6.04 Å². The average molecular weight is 260 g/mol. The van der Waals surface area contributed by atoms with Crippen LogP contribution in [0.1, 0.15) is 16.3 Å². The first-order valence-electron chi connectivity index (χ1n) is 6.16. The van der Waals surface area contributed by atoms with Crippen LogP contribution in [0.15, 0.2) is 29.6 Å². The first kappa shape index (κ1) is 11.7. The smallest absolute Gasteiger partial charge is 0.122 e. The first-order chi connectivity index (χ1) is 8.81. The molecule has 1 aromatic heterocycles. The molecule has 0 spiro atoms. The Morgan fingerprint density at radius 3 is 3.17 bits per heavy atom. The Hall–Kier alpha value is -1.39. The quantitative estimate of drug-likeness (QED) is 0.921. The van der Waals surface area contributed by atoms with Gasteiger partial charge < -0.3 is 10.1 Å². The molecule has 1 N–H and O–H groups in total. The van der Waals surface area contributed by atoms with Crippen LogP contribution in [0.4, 0.5) is 0 Å². The third-order valence-electron chi connectivity index (χ3n) is 3.12. The SMILES string of the molecule is Cc1nc(CNC2COc3ccccc3C2)cs1. The number of nitrogens with zero attached hydrogens (tertiary/aromatic N) is 1. The lowest BCUT2D eigenvalue weighted by molar-refractivity contribution is 0.237. The zero-order valence-electron chi connectivity index (χ0n) is 10.3. The molecule has 0 amide bonds. The van der Waals surface area contributed by atoms with Gasteiger partial charge in [0.25, 0.3) is 0 Å². The van der Waals surface area contributed by atoms with Gasteiger partial charge in [0.2, 0.25) is 0 Å².